The van der Waals surface area contributed by atoms with Crippen molar-refractivity contribution in [2.75, 3.05) is 0 Å². The fourth-order valence-electron chi connectivity index (χ4n) is 2.72. The fraction of sp³-hybridized carbons (Fsp3) is 0.450. The molecule has 0 aromatic heterocycles. The molecule has 0 saturated heterocycles. The summed E-state index contributed by atoms with van der Waals surface area (Å²) in [5, 5.41) is 0. The van der Waals surface area contributed by atoms with Crippen LogP contribution in [0.5, 0.6) is 0 Å². The topological polar surface area (TPSA) is 12.4 Å². The van der Waals surface area contributed by atoms with Gasteiger partial charge in [0.2, 0.25) is 0 Å². The average molecular weight is 281 g/mol. The zero-order valence-electron chi connectivity index (χ0n) is 13.9. The van der Waals surface area contributed by atoms with E-state index in [1.807, 2.05) is 12.3 Å². The van der Waals surface area contributed by atoms with E-state index in [2.05, 4.69) is 51.4 Å². The summed E-state index contributed by atoms with van der Waals surface area (Å²) in [6.07, 6.45) is 13.3. The highest BCUT2D eigenvalue weighted by Crippen LogP contribution is 2.35. The Morgan fingerprint density at radius 3 is 2.48 bits per heavy atom. The van der Waals surface area contributed by atoms with Crippen molar-refractivity contribution in [2.24, 2.45) is 10.9 Å². The van der Waals surface area contributed by atoms with Crippen LogP contribution in [0.15, 0.2) is 63.9 Å². The molecule has 0 heterocycles. The number of allylic oxidation sites excluding steroid dienone is 8. The van der Waals surface area contributed by atoms with Crippen LogP contribution >= 0.6 is 0 Å². The van der Waals surface area contributed by atoms with Crippen LogP contribution in [0.25, 0.3) is 0 Å². The first-order valence-corrected chi connectivity index (χ1v) is 7.98. The van der Waals surface area contributed by atoms with Gasteiger partial charge >= 0.3 is 0 Å². The summed E-state index contributed by atoms with van der Waals surface area (Å²) in [5.41, 5.74) is 8.29. The van der Waals surface area contributed by atoms with Crippen LogP contribution in [0.2, 0.25) is 0 Å². The van der Waals surface area contributed by atoms with E-state index in [9.17, 15) is 0 Å². The number of hydrogen-bond acceptors (Lipinski definition) is 1. The highest BCUT2D eigenvalue weighted by Gasteiger charge is 2.16. The van der Waals surface area contributed by atoms with Crippen molar-refractivity contribution in [3.8, 4) is 0 Å². The van der Waals surface area contributed by atoms with Crippen LogP contribution in [0.1, 0.15) is 53.4 Å². The summed E-state index contributed by atoms with van der Waals surface area (Å²) in [5.74, 6) is 0.494. The van der Waals surface area contributed by atoms with Crippen molar-refractivity contribution in [3.05, 3.63) is 58.9 Å². The highest BCUT2D eigenvalue weighted by molar-refractivity contribution is 5.84. The van der Waals surface area contributed by atoms with E-state index in [1.165, 1.54) is 46.4 Å². The van der Waals surface area contributed by atoms with Gasteiger partial charge in [0.05, 0.1) is 0 Å². The van der Waals surface area contributed by atoms with E-state index in [0.29, 0.717) is 5.92 Å². The van der Waals surface area contributed by atoms with Crippen molar-refractivity contribution >= 4 is 5.71 Å². The van der Waals surface area contributed by atoms with E-state index >= 15 is 0 Å². The van der Waals surface area contributed by atoms with Gasteiger partial charge in [-0.3, -0.25) is 4.99 Å². The Morgan fingerprint density at radius 1 is 1.14 bits per heavy atom. The number of aliphatic imine (C=N–C) groups is 1. The van der Waals surface area contributed by atoms with Crippen LogP contribution in [0.4, 0.5) is 0 Å². The molecule has 2 rings (SSSR count). The smallest absolute Gasteiger partial charge is 0.0342 e. The predicted octanol–water partition coefficient (Wildman–Crippen LogP) is 5.93. The van der Waals surface area contributed by atoms with Gasteiger partial charge in [0, 0.05) is 11.9 Å². The van der Waals surface area contributed by atoms with E-state index in [-0.39, 0.29) is 0 Å². The summed E-state index contributed by atoms with van der Waals surface area (Å²) < 4.78 is 0. The zero-order valence-corrected chi connectivity index (χ0v) is 13.9. The lowest BCUT2D eigenvalue weighted by molar-refractivity contribution is 0.833. The monoisotopic (exact) mass is 281 g/mol. The molecule has 0 fully saturated rings. The number of hydrogen-bond donors (Lipinski definition) is 0. The van der Waals surface area contributed by atoms with Crippen molar-refractivity contribution in [1.82, 2.24) is 0 Å². The first kappa shape index (κ1) is 15.8. The van der Waals surface area contributed by atoms with E-state index in [0.717, 1.165) is 12.8 Å². The second kappa shape index (κ2) is 6.89. The van der Waals surface area contributed by atoms with Gasteiger partial charge in [-0.15, -0.1) is 0 Å². The third kappa shape index (κ3) is 3.93. The lowest BCUT2D eigenvalue weighted by Crippen LogP contribution is -2.04. The van der Waals surface area contributed by atoms with Gasteiger partial charge in [-0.25, -0.2) is 0 Å². The molecule has 0 amide bonds. The molecule has 1 heteroatoms. The maximum absolute atomic E-state index is 4.60. The van der Waals surface area contributed by atoms with Crippen molar-refractivity contribution < 1.29 is 0 Å². The Bertz CT molecular complexity index is 577. The van der Waals surface area contributed by atoms with Crippen LogP contribution < -0.4 is 0 Å². The van der Waals surface area contributed by atoms with Gasteiger partial charge in [0.15, 0.2) is 0 Å². The summed E-state index contributed by atoms with van der Waals surface area (Å²) in [7, 11) is 0. The van der Waals surface area contributed by atoms with Crippen molar-refractivity contribution in [1.29, 1.82) is 0 Å². The van der Waals surface area contributed by atoms with Crippen molar-refractivity contribution in [2.45, 2.75) is 53.4 Å². The Hall–Kier alpha value is -1.63. The first-order valence-electron chi connectivity index (χ1n) is 7.98. The molecular formula is C20H27N. The molecule has 0 unspecified atom stereocenters. The molecule has 0 aromatic rings. The second-order valence-electron chi connectivity index (χ2n) is 6.42. The number of nitrogens with zero attached hydrogens (tertiary/aromatic N) is 1. The van der Waals surface area contributed by atoms with Gasteiger partial charge in [-0.05, 0) is 67.7 Å². The molecule has 0 aliphatic heterocycles. The Kier molecular flexibility index (Phi) is 5.17. The molecule has 21 heavy (non-hydrogen) atoms. The third-order valence-electron chi connectivity index (χ3n) is 4.47. The molecule has 0 spiro atoms. The molecule has 2 aliphatic rings. The van der Waals surface area contributed by atoms with E-state index in [4.69, 9.17) is 0 Å². The lowest BCUT2D eigenvalue weighted by Gasteiger charge is -2.23. The maximum Gasteiger partial charge on any atom is 0.0342 e. The largest absolute Gasteiger partial charge is 0.265 e. The minimum Gasteiger partial charge on any atom is -0.265 e. The van der Waals surface area contributed by atoms with Crippen LogP contribution in [-0.2, 0) is 0 Å². The summed E-state index contributed by atoms with van der Waals surface area (Å²) in [6.45, 7) is 12.6. The maximum atomic E-state index is 4.60. The predicted molar refractivity (Wildman–Crippen MR) is 93.6 cm³/mol. The van der Waals surface area contributed by atoms with Crippen LogP contribution in [0.3, 0.4) is 0 Å². The molecule has 0 aromatic carbocycles. The van der Waals surface area contributed by atoms with E-state index < -0.39 is 0 Å². The zero-order chi connectivity index (χ0) is 15.4. The molecule has 0 atom stereocenters. The molecule has 0 saturated carbocycles. The van der Waals surface area contributed by atoms with Crippen LogP contribution in [0, 0.1) is 5.92 Å². The Balaban J connectivity index is 2.27. The first-order chi connectivity index (χ1) is 10.0. The molecule has 0 bridgehead atoms. The normalized spacial score (nSPS) is 20.2. The van der Waals surface area contributed by atoms with Gasteiger partial charge < -0.3 is 0 Å². The van der Waals surface area contributed by atoms with Crippen molar-refractivity contribution in [3.63, 3.8) is 0 Å². The number of rotatable bonds is 4. The molecule has 2 aliphatic carbocycles. The SMILES string of the molecule is C=C/C(=C\N=C(C)C(C)C)C1=CC2=C(C=C(C)CC2)CC1. The van der Waals surface area contributed by atoms with Gasteiger partial charge in [0.1, 0.15) is 0 Å². The minimum atomic E-state index is 0.494. The van der Waals surface area contributed by atoms with Gasteiger partial charge in [-0.1, -0.05) is 44.2 Å². The van der Waals surface area contributed by atoms with E-state index in [1.54, 1.807) is 0 Å². The summed E-state index contributed by atoms with van der Waals surface area (Å²) >= 11 is 0. The molecular weight excluding hydrogens is 254 g/mol. The third-order valence-corrected chi connectivity index (χ3v) is 4.47. The summed E-state index contributed by atoms with van der Waals surface area (Å²) in [4.78, 5) is 4.60. The summed E-state index contributed by atoms with van der Waals surface area (Å²) in [6, 6.07) is 0. The Labute approximate surface area is 129 Å². The minimum absolute atomic E-state index is 0.494. The second-order valence-corrected chi connectivity index (χ2v) is 6.42. The van der Waals surface area contributed by atoms with Gasteiger partial charge in [0.25, 0.3) is 0 Å². The molecule has 0 N–H and O–H groups in total. The quantitative estimate of drug-likeness (QED) is 0.447. The highest BCUT2D eigenvalue weighted by atomic mass is 14.7. The average Bonchev–Trinajstić information content (AvgIpc) is 2.47. The molecule has 112 valence electrons. The standard InChI is InChI=1S/C20H27N/c1-6-17(13-21-16(5)14(2)3)19-10-9-18-11-15(4)7-8-20(18)12-19/h6,11-14H,1,7-10H2,2-5H3/b17-13+,21-16?. The fourth-order valence-corrected chi connectivity index (χ4v) is 2.72. The molecule has 0 radical (unpaired) electrons. The molecule has 1 nitrogen and oxygen atoms in total. The van der Waals surface area contributed by atoms with Crippen LogP contribution in [-0.4, -0.2) is 5.71 Å². The lowest BCUT2D eigenvalue weighted by atomic mass is 9.83. The Morgan fingerprint density at radius 2 is 1.81 bits per heavy atom. The van der Waals surface area contributed by atoms with Gasteiger partial charge in [-0.2, -0.15) is 0 Å².